The summed E-state index contributed by atoms with van der Waals surface area (Å²) in [6.07, 6.45) is 2.44. The van der Waals surface area contributed by atoms with E-state index in [0.29, 0.717) is 24.5 Å². The average Bonchev–Trinajstić information content (AvgIpc) is 2.41. The monoisotopic (exact) mass is 272 g/mol. The Labute approximate surface area is 114 Å². The molecule has 2 aliphatic rings. The van der Waals surface area contributed by atoms with Crippen LogP contribution in [0.5, 0.6) is 0 Å². The van der Waals surface area contributed by atoms with Gasteiger partial charge in [0, 0.05) is 24.4 Å². The fraction of sp³-hybridized carbons (Fsp3) is 0.923. The van der Waals surface area contributed by atoms with Crippen LogP contribution >= 0.6 is 11.8 Å². The summed E-state index contributed by atoms with van der Waals surface area (Å²) < 4.78 is 5.28. The smallest absolute Gasteiger partial charge is 0.239 e. The number of nitrogens with zero attached hydrogens (tertiary/aromatic N) is 1. The number of morpholine rings is 1. The zero-order valence-corrected chi connectivity index (χ0v) is 12.2. The van der Waals surface area contributed by atoms with E-state index in [0.717, 1.165) is 13.1 Å². The highest BCUT2D eigenvalue weighted by molar-refractivity contribution is 7.99. The summed E-state index contributed by atoms with van der Waals surface area (Å²) in [6, 6.07) is 0.401. The number of hydrogen-bond donors (Lipinski definition) is 1. The highest BCUT2D eigenvalue weighted by Gasteiger charge is 2.28. The van der Waals surface area contributed by atoms with Gasteiger partial charge in [0.2, 0.25) is 5.91 Å². The van der Waals surface area contributed by atoms with Gasteiger partial charge in [-0.1, -0.05) is 6.92 Å². The highest BCUT2D eigenvalue weighted by Crippen LogP contribution is 2.25. The number of thioether (sulfide) groups is 1. The van der Waals surface area contributed by atoms with Crippen molar-refractivity contribution in [3.05, 3.63) is 0 Å². The van der Waals surface area contributed by atoms with E-state index >= 15 is 0 Å². The summed E-state index contributed by atoms with van der Waals surface area (Å²) in [6.45, 7) is 7.07. The summed E-state index contributed by atoms with van der Waals surface area (Å²) in [4.78, 5) is 14.2. The second-order valence-corrected chi connectivity index (χ2v) is 6.64. The van der Waals surface area contributed by atoms with Crippen LogP contribution in [-0.2, 0) is 9.53 Å². The van der Waals surface area contributed by atoms with E-state index in [2.05, 4.69) is 12.2 Å². The van der Waals surface area contributed by atoms with Crippen LogP contribution in [0.3, 0.4) is 0 Å². The van der Waals surface area contributed by atoms with E-state index in [4.69, 9.17) is 4.74 Å². The molecule has 2 saturated heterocycles. The van der Waals surface area contributed by atoms with E-state index in [1.807, 2.05) is 23.6 Å². The van der Waals surface area contributed by atoms with E-state index in [1.54, 1.807) is 0 Å². The first-order valence-electron chi connectivity index (χ1n) is 6.92. The molecule has 4 nitrogen and oxygen atoms in total. The third-order valence-electron chi connectivity index (χ3n) is 3.76. The van der Waals surface area contributed by atoms with Crippen molar-refractivity contribution >= 4 is 17.7 Å². The Balaban J connectivity index is 1.82. The molecule has 1 amide bonds. The molecule has 3 atom stereocenters. The molecule has 2 heterocycles. The summed E-state index contributed by atoms with van der Waals surface area (Å²) in [5, 5.41) is 4.12. The molecular formula is C13H24N2O2S. The van der Waals surface area contributed by atoms with Crippen LogP contribution in [0.1, 0.15) is 26.7 Å². The normalized spacial score (nSPS) is 31.1. The summed E-state index contributed by atoms with van der Waals surface area (Å²) in [5.41, 5.74) is 0. The van der Waals surface area contributed by atoms with E-state index < -0.39 is 0 Å². The Hall–Kier alpha value is -0.260. The lowest BCUT2D eigenvalue weighted by Crippen LogP contribution is -2.53. The molecular weight excluding hydrogens is 248 g/mol. The van der Waals surface area contributed by atoms with Gasteiger partial charge in [0.1, 0.15) is 0 Å². The molecule has 0 spiro atoms. The van der Waals surface area contributed by atoms with Crippen LogP contribution in [0.25, 0.3) is 0 Å². The summed E-state index contributed by atoms with van der Waals surface area (Å²) >= 11 is 2.01. The number of nitrogens with one attached hydrogen (secondary N) is 1. The van der Waals surface area contributed by atoms with Crippen molar-refractivity contribution in [1.82, 2.24) is 10.2 Å². The van der Waals surface area contributed by atoms with E-state index in [1.165, 1.54) is 18.6 Å². The van der Waals surface area contributed by atoms with Crippen LogP contribution < -0.4 is 5.32 Å². The van der Waals surface area contributed by atoms with Crippen LogP contribution in [0.4, 0.5) is 0 Å². The lowest BCUT2D eigenvalue weighted by atomic mass is 10.1. The number of carbonyl (C=O) groups excluding carboxylic acids is 1. The summed E-state index contributed by atoms with van der Waals surface area (Å²) in [5.74, 6) is 1.48. The SMILES string of the molecule is CC(NC1CCCSC1C)C(=O)N1CCOCC1. The van der Waals surface area contributed by atoms with E-state index in [-0.39, 0.29) is 11.9 Å². The molecule has 0 saturated carbocycles. The maximum atomic E-state index is 12.3. The Morgan fingerprint density at radius 3 is 2.83 bits per heavy atom. The Morgan fingerprint density at radius 2 is 2.17 bits per heavy atom. The van der Waals surface area contributed by atoms with Gasteiger partial charge >= 0.3 is 0 Å². The Bertz CT molecular complexity index is 282. The highest BCUT2D eigenvalue weighted by atomic mass is 32.2. The molecule has 2 aliphatic heterocycles. The number of rotatable bonds is 3. The van der Waals surface area contributed by atoms with Crippen LogP contribution in [-0.4, -0.2) is 60.2 Å². The van der Waals surface area contributed by atoms with Gasteiger partial charge in [0.05, 0.1) is 19.3 Å². The Kier molecular flexibility index (Phi) is 5.33. The van der Waals surface area contributed by atoms with Crippen molar-refractivity contribution in [2.24, 2.45) is 0 Å². The lowest BCUT2D eigenvalue weighted by Gasteiger charge is -2.34. The van der Waals surface area contributed by atoms with Gasteiger partial charge in [-0.15, -0.1) is 0 Å². The molecule has 104 valence electrons. The molecule has 5 heteroatoms. The van der Waals surface area contributed by atoms with Crippen molar-refractivity contribution < 1.29 is 9.53 Å². The maximum Gasteiger partial charge on any atom is 0.239 e. The minimum Gasteiger partial charge on any atom is -0.378 e. The van der Waals surface area contributed by atoms with Gasteiger partial charge in [-0.25, -0.2) is 0 Å². The zero-order chi connectivity index (χ0) is 13.0. The van der Waals surface area contributed by atoms with Gasteiger partial charge < -0.3 is 15.0 Å². The van der Waals surface area contributed by atoms with Crippen molar-refractivity contribution in [2.45, 2.75) is 44.0 Å². The maximum absolute atomic E-state index is 12.3. The molecule has 2 fully saturated rings. The second kappa shape index (κ2) is 6.78. The summed E-state index contributed by atoms with van der Waals surface area (Å²) in [7, 11) is 0. The quantitative estimate of drug-likeness (QED) is 0.835. The Morgan fingerprint density at radius 1 is 1.44 bits per heavy atom. The van der Waals surface area contributed by atoms with Crippen molar-refractivity contribution in [3.8, 4) is 0 Å². The van der Waals surface area contributed by atoms with Gasteiger partial charge in [-0.05, 0) is 25.5 Å². The first kappa shape index (κ1) is 14.2. The van der Waals surface area contributed by atoms with Gasteiger partial charge in [-0.2, -0.15) is 11.8 Å². The molecule has 0 aromatic heterocycles. The molecule has 0 aromatic rings. The molecule has 0 aromatic carbocycles. The first-order valence-corrected chi connectivity index (χ1v) is 7.97. The molecule has 2 rings (SSSR count). The molecule has 1 N–H and O–H groups in total. The second-order valence-electron chi connectivity index (χ2n) is 5.15. The van der Waals surface area contributed by atoms with Gasteiger partial charge in [-0.3, -0.25) is 4.79 Å². The molecule has 18 heavy (non-hydrogen) atoms. The number of hydrogen-bond acceptors (Lipinski definition) is 4. The van der Waals surface area contributed by atoms with Crippen molar-refractivity contribution in [2.75, 3.05) is 32.1 Å². The number of carbonyl (C=O) groups is 1. The zero-order valence-electron chi connectivity index (χ0n) is 11.4. The third kappa shape index (κ3) is 3.62. The predicted molar refractivity (Wildman–Crippen MR) is 74.9 cm³/mol. The molecule has 0 aliphatic carbocycles. The van der Waals surface area contributed by atoms with Crippen molar-refractivity contribution in [3.63, 3.8) is 0 Å². The average molecular weight is 272 g/mol. The van der Waals surface area contributed by atoms with E-state index in [9.17, 15) is 4.79 Å². The van der Waals surface area contributed by atoms with Gasteiger partial charge in [0.25, 0.3) is 0 Å². The van der Waals surface area contributed by atoms with Crippen LogP contribution in [0.15, 0.2) is 0 Å². The van der Waals surface area contributed by atoms with Crippen molar-refractivity contribution in [1.29, 1.82) is 0 Å². The first-order chi connectivity index (χ1) is 8.68. The largest absolute Gasteiger partial charge is 0.378 e. The van der Waals surface area contributed by atoms with Gasteiger partial charge in [0.15, 0.2) is 0 Å². The fourth-order valence-corrected chi connectivity index (χ4v) is 3.74. The minimum absolute atomic E-state index is 0.0748. The lowest BCUT2D eigenvalue weighted by molar-refractivity contribution is -0.137. The topological polar surface area (TPSA) is 41.6 Å². The molecule has 0 bridgehead atoms. The van der Waals surface area contributed by atoms with Crippen LogP contribution in [0, 0.1) is 0 Å². The number of ether oxygens (including phenoxy) is 1. The molecule has 3 unspecified atom stereocenters. The third-order valence-corrected chi connectivity index (χ3v) is 5.14. The fourth-order valence-electron chi connectivity index (χ4n) is 2.59. The minimum atomic E-state index is -0.0748. The molecule has 0 radical (unpaired) electrons. The predicted octanol–water partition coefficient (Wildman–Crippen LogP) is 1.11. The van der Waals surface area contributed by atoms with Crippen LogP contribution in [0.2, 0.25) is 0 Å². The standard InChI is InChI=1S/C13H24N2O2S/c1-10(13(16)15-5-7-17-8-6-15)14-12-4-3-9-18-11(12)2/h10-12,14H,3-9H2,1-2H3. The number of amides is 1.